The Morgan fingerprint density at radius 3 is 2.65 bits per heavy atom. The number of carbonyl (C=O) groups excluding carboxylic acids is 1. The van der Waals surface area contributed by atoms with Crippen molar-refractivity contribution in [2.75, 3.05) is 7.11 Å². The molecule has 98 valence electrons. The third-order valence-corrected chi connectivity index (χ3v) is 3.45. The van der Waals surface area contributed by atoms with Crippen molar-refractivity contribution >= 4 is 11.9 Å². The van der Waals surface area contributed by atoms with E-state index in [2.05, 4.69) is 10.1 Å². The zero-order valence-corrected chi connectivity index (χ0v) is 10.7. The van der Waals surface area contributed by atoms with Crippen molar-refractivity contribution < 1.29 is 19.4 Å². The summed E-state index contributed by atoms with van der Waals surface area (Å²) in [5.74, 6) is -0.944. The van der Waals surface area contributed by atoms with Gasteiger partial charge in [0.05, 0.1) is 7.11 Å². The van der Waals surface area contributed by atoms with Crippen LogP contribution in [0.1, 0.15) is 39.5 Å². The van der Waals surface area contributed by atoms with Gasteiger partial charge >= 0.3 is 11.9 Å². The molecule has 0 aromatic heterocycles. The van der Waals surface area contributed by atoms with E-state index < -0.39 is 23.5 Å². The molecule has 1 saturated carbocycles. The lowest BCUT2D eigenvalue weighted by atomic mass is 9.76. The number of carboxylic acid groups (broad SMARTS) is 1. The lowest BCUT2D eigenvalue weighted by Crippen LogP contribution is -2.59. The second kappa shape index (κ2) is 5.49. The van der Waals surface area contributed by atoms with E-state index in [1.807, 2.05) is 6.92 Å². The van der Waals surface area contributed by atoms with E-state index in [1.165, 1.54) is 7.11 Å². The highest BCUT2D eigenvalue weighted by Crippen LogP contribution is 2.33. The Bertz CT molecular complexity index is 305. The van der Waals surface area contributed by atoms with Crippen LogP contribution in [0.5, 0.6) is 0 Å². The van der Waals surface area contributed by atoms with Crippen LogP contribution in [0.3, 0.4) is 0 Å². The Morgan fingerprint density at radius 1 is 1.53 bits per heavy atom. The molecule has 1 rings (SSSR count). The molecular weight excluding hydrogens is 222 g/mol. The first-order chi connectivity index (χ1) is 7.91. The number of rotatable bonds is 4. The number of ether oxygens (including phenoxy) is 1. The van der Waals surface area contributed by atoms with Crippen LogP contribution >= 0.6 is 0 Å². The Kier molecular flexibility index (Phi) is 4.51. The summed E-state index contributed by atoms with van der Waals surface area (Å²) in [6, 6.07) is -0.596. The van der Waals surface area contributed by atoms with Crippen LogP contribution in [0, 0.1) is 5.92 Å². The molecule has 5 heteroatoms. The first kappa shape index (κ1) is 14.0. The molecule has 0 radical (unpaired) electrons. The minimum Gasteiger partial charge on any atom is -0.480 e. The van der Waals surface area contributed by atoms with E-state index in [9.17, 15) is 14.7 Å². The van der Waals surface area contributed by atoms with E-state index in [0.717, 1.165) is 12.8 Å². The molecule has 0 amide bonds. The second-order valence-electron chi connectivity index (χ2n) is 4.98. The average Bonchev–Trinajstić information content (AvgIpc) is 2.27. The predicted octanol–water partition coefficient (Wildman–Crippen LogP) is 1.17. The largest absolute Gasteiger partial charge is 0.480 e. The van der Waals surface area contributed by atoms with Crippen LogP contribution in [-0.2, 0) is 14.3 Å². The fraction of sp³-hybridized carbons (Fsp3) is 0.833. The quantitative estimate of drug-likeness (QED) is 0.725. The maximum atomic E-state index is 11.5. The van der Waals surface area contributed by atoms with Crippen molar-refractivity contribution in [3.8, 4) is 0 Å². The number of carbonyl (C=O) groups is 2. The number of hydrogen-bond acceptors (Lipinski definition) is 4. The molecule has 0 aliphatic heterocycles. The van der Waals surface area contributed by atoms with Gasteiger partial charge in [0.2, 0.25) is 0 Å². The van der Waals surface area contributed by atoms with E-state index in [4.69, 9.17) is 0 Å². The predicted molar refractivity (Wildman–Crippen MR) is 62.6 cm³/mol. The maximum Gasteiger partial charge on any atom is 0.323 e. The van der Waals surface area contributed by atoms with E-state index in [1.54, 1.807) is 6.92 Å². The number of esters is 1. The monoisotopic (exact) mass is 243 g/mol. The van der Waals surface area contributed by atoms with Gasteiger partial charge in [-0.2, -0.15) is 0 Å². The summed E-state index contributed by atoms with van der Waals surface area (Å²) in [5.41, 5.74) is -0.981. The summed E-state index contributed by atoms with van der Waals surface area (Å²) in [7, 11) is 1.30. The van der Waals surface area contributed by atoms with Gasteiger partial charge in [-0.15, -0.1) is 0 Å². The van der Waals surface area contributed by atoms with Crippen LogP contribution in [0.25, 0.3) is 0 Å². The van der Waals surface area contributed by atoms with Crippen LogP contribution in [-0.4, -0.2) is 35.7 Å². The molecule has 3 atom stereocenters. The Balaban J connectivity index is 2.78. The van der Waals surface area contributed by atoms with Crippen molar-refractivity contribution in [1.82, 2.24) is 5.32 Å². The van der Waals surface area contributed by atoms with Crippen molar-refractivity contribution in [1.29, 1.82) is 0 Å². The minimum absolute atomic E-state index is 0.359. The molecule has 17 heavy (non-hydrogen) atoms. The normalized spacial score (nSPS) is 30.6. The summed E-state index contributed by atoms with van der Waals surface area (Å²) >= 11 is 0. The van der Waals surface area contributed by atoms with E-state index in [0.29, 0.717) is 18.8 Å². The van der Waals surface area contributed by atoms with Crippen molar-refractivity contribution in [2.24, 2.45) is 5.92 Å². The Labute approximate surface area is 102 Å². The molecule has 1 fully saturated rings. The van der Waals surface area contributed by atoms with Crippen LogP contribution < -0.4 is 5.32 Å². The van der Waals surface area contributed by atoms with Gasteiger partial charge in [0.1, 0.15) is 11.6 Å². The smallest absolute Gasteiger partial charge is 0.323 e. The van der Waals surface area contributed by atoms with E-state index in [-0.39, 0.29) is 0 Å². The standard InChI is InChI=1S/C12H21NO4/c1-8-5-4-6-12(7-8,11(15)16)13-9(2)10(14)17-3/h8-9,13H,4-7H2,1-3H3,(H,15,16). The molecule has 0 aromatic carbocycles. The second-order valence-corrected chi connectivity index (χ2v) is 4.98. The molecule has 0 saturated heterocycles. The number of nitrogens with one attached hydrogen (secondary N) is 1. The highest BCUT2D eigenvalue weighted by Gasteiger charge is 2.43. The van der Waals surface area contributed by atoms with E-state index >= 15 is 0 Å². The molecule has 5 nitrogen and oxygen atoms in total. The molecule has 0 heterocycles. The molecule has 1 aliphatic carbocycles. The molecule has 0 spiro atoms. The van der Waals surface area contributed by atoms with Gasteiger partial charge in [0, 0.05) is 0 Å². The maximum absolute atomic E-state index is 11.5. The average molecular weight is 243 g/mol. The molecule has 0 aromatic rings. The zero-order chi connectivity index (χ0) is 13.1. The molecule has 0 bridgehead atoms. The Hall–Kier alpha value is -1.10. The molecule has 2 N–H and O–H groups in total. The van der Waals surface area contributed by atoms with Gasteiger partial charge < -0.3 is 9.84 Å². The van der Waals surface area contributed by atoms with Gasteiger partial charge in [-0.25, -0.2) is 0 Å². The molecule has 1 aliphatic rings. The van der Waals surface area contributed by atoms with Gasteiger partial charge in [-0.1, -0.05) is 19.8 Å². The van der Waals surface area contributed by atoms with Crippen molar-refractivity contribution in [2.45, 2.75) is 51.1 Å². The SMILES string of the molecule is COC(=O)C(C)NC1(C(=O)O)CCCC(C)C1. The van der Waals surface area contributed by atoms with Crippen molar-refractivity contribution in [3.05, 3.63) is 0 Å². The number of hydrogen-bond donors (Lipinski definition) is 2. The summed E-state index contributed by atoms with van der Waals surface area (Å²) in [6.45, 7) is 3.68. The highest BCUT2D eigenvalue weighted by molar-refractivity contribution is 5.81. The van der Waals surface area contributed by atoms with Crippen LogP contribution in [0.2, 0.25) is 0 Å². The third kappa shape index (κ3) is 3.19. The van der Waals surface area contributed by atoms with Gasteiger partial charge in [0.15, 0.2) is 0 Å². The van der Waals surface area contributed by atoms with Gasteiger partial charge in [-0.05, 0) is 25.7 Å². The summed E-state index contributed by atoms with van der Waals surface area (Å²) in [6.07, 6.45) is 3.04. The highest BCUT2D eigenvalue weighted by atomic mass is 16.5. The van der Waals surface area contributed by atoms with Crippen LogP contribution in [0.15, 0.2) is 0 Å². The summed E-state index contributed by atoms with van der Waals surface area (Å²) < 4.78 is 4.61. The fourth-order valence-corrected chi connectivity index (χ4v) is 2.59. The lowest BCUT2D eigenvalue weighted by Gasteiger charge is -2.38. The molecular formula is C12H21NO4. The number of carboxylic acids is 1. The summed E-state index contributed by atoms with van der Waals surface area (Å²) in [5, 5.41) is 12.3. The molecule has 3 unspecified atom stereocenters. The van der Waals surface area contributed by atoms with Crippen molar-refractivity contribution in [3.63, 3.8) is 0 Å². The Morgan fingerprint density at radius 2 is 2.18 bits per heavy atom. The first-order valence-corrected chi connectivity index (χ1v) is 6.00. The third-order valence-electron chi connectivity index (χ3n) is 3.45. The first-order valence-electron chi connectivity index (χ1n) is 6.00. The topological polar surface area (TPSA) is 75.6 Å². The van der Waals surface area contributed by atoms with Crippen LogP contribution in [0.4, 0.5) is 0 Å². The van der Waals surface area contributed by atoms with Gasteiger partial charge in [-0.3, -0.25) is 14.9 Å². The van der Waals surface area contributed by atoms with Gasteiger partial charge in [0.25, 0.3) is 0 Å². The lowest BCUT2D eigenvalue weighted by molar-refractivity contribution is -0.150. The number of aliphatic carboxylic acids is 1. The number of methoxy groups -OCH3 is 1. The fourth-order valence-electron chi connectivity index (χ4n) is 2.59. The zero-order valence-electron chi connectivity index (χ0n) is 10.7. The summed E-state index contributed by atoms with van der Waals surface area (Å²) in [4.78, 5) is 22.8. The minimum atomic E-state index is -0.981.